The molecule has 4 aromatic rings. The molecule has 0 saturated heterocycles. The molecule has 0 atom stereocenters. The molecule has 0 aliphatic carbocycles. The van der Waals surface area contributed by atoms with E-state index in [-0.39, 0.29) is 52.0 Å². The number of nitro benzene ring substituents is 1. The van der Waals surface area contributed by atoms with Crippen molar-refractivity contribution in [3.05, 3.63) is 116 Å². The van der Waals surface area contributed by atoms with Gasteiger partial charge in [0.25, 0.3) is 0 Å². The number of nitro groups is 1. The second-order valence-corrected chi connectivity index (χ2v) is 16.8. The van der Waals surface area contributed by atoms with Gasteiger partial charge in [-0.15, -0.1) is 0 Å². The first-order valence-corrected chi connectivity index (χ1v) is 18.6. The summed E-state index contributed by atoms with van der Waals surface area (Å²) in [5.41, 5.74) is -0.164. The summed E-state index contributed by atoms with van der Waals surface area (Å²) >= 11 is 7.49. The average molecular weight is 988 g/mol. The van der Waals surface area contributed by atoms with Gasteiger partial charge in [-0.2, -0.15) is 4.39 Å². The van der Waals surface area contributed by atoms with Crippen molar-refractivity contribution in [2.24, 2.45) is 9.98 Å². The zero-order chi connectivity index (χ0) is 37.2. The highest BCUT2D eigenvalue weighted by molar-refractivity contribution is 14.1. The van der Waals surface area contributed by atoms with E-state index in [1.165, 1.54) is 16.1 Å². The fourth-order valence-corrected chi connectivity index (χ4v) is 7.52. The maximum atomic E-state index is 17.0. The summed E-state index contributed by atoms with van der Waals surface area (Å²) in [5, 5.41) is 15.1. The number of hydrogen-bond acceptors (Lipinski definition) is 8. The quantitative estimate of drug-likeness (QED) is 0.0756. The summed E-state index contributed by atoms with van der Waals surface area (Å²) in [6, 6.07) is 14.3. The second kappa shape index (κ2) is 13.8. The fourth-order valence-electron chi connectivity index (χ4n) is 5.82. The number of ether oxygens (including phenoxy) is 2. The van der Waals surface area contributed by atoms with E-state index in [4.69, 9.17) is 19.5 Å². The van der Waals surface area contributed by atoms with Gasteiger partial charge in [-0.05, 0) is 156 Å². The number of hydrogen-bond donors (Lipinski definition) is 0. The van der Waals surface area contributed by atoms with Crippen LogP contribution in [0.1, 0.15) is 49.9 Å². The lowest BCUT2D eigenvalue weighted by atomic mass is 10.1. The van der Waals surface area contributed by atoms with Crippen molar-refractivity contribution in [2.75, 3.05) is 23.2 Å². The van der Waals surface area contributed by atoms with Gasteiger partial charge in [0.1, 0.15) is 18.9 Å². The molecular weight excluding hydrogens is 957 g/mol. The normalized spacial score (nSPS) is 15.9. The molecule has 15 heteroatoms. The molecule has 51 heavy (non-hydrogen) atoms. The van der Waals surface area contributed by atoms with Crippen LogP contribution in [0.25, 0.3) is 0 Å². The van der Waals surface area contributed by atoms with Gasteiger partial charge >= 0.3 is 5.69 Å². The van der Waals surface area contributed by atoms with Crippen LogP contribution in [-0.4, -0.2) is 41.0 Å². The van der Waals surface area contributed by atoms with Gasteiger partial charge in [0.15, 0.2) is 11.6 Å². The van der Waals surface area contributed by atoms with E-state index in [2.05, 4.69) is 61.1 Å². The number of hydrazine groups is 1. The Morgan fingerprint density at radius 1 is 0.765 bits per heavy atom. The van der Waals surface area contributed by atoms with Crippen molar-refractivity contribution in [1.29, 1.82) is 0 Å². The lowest BCUT2D eigenvalue weighted by molar-refractivity contribution is -0.387. The largest absolute Gasteiger partial charge is 0.475 e. The van der Waals surface area contributed by atoms with Gasteiger partial charge in [-0.3, -0.25) is 10.1 Å². The Hall–Kier alpha value is -3.45. The third-order valence-corrected chi connectivity index (χ3v) is 10.1. The van der Waals surface area contributed by atoms with Crippen molar-refractivity contribution < 1.29 is 27.6 Å². The molecule has 4 aromatic carbocycles. The van der Waals surface area contributed by atoms with E-state index >= 15 is 13.2 Å². The molecule has 6 rings (SSSR count). The molecule has 2 heterocycles. The molecule has 0 spiro atoms. The minimum absolute atomic E-state index is 0.0140. The van der Waals surface area contributed by atoms with Crippen molar-refractivity contribution in [2.45, 2.75) is 52.6 Å². The van der Waals surface area contributed by atoms with Crippen LogP contribution < -0.4 is 10.0 Å². The molecule has 0 amide bonds. The van der Waals surface area contributed by atoms with E-state index in [1.807, 2.05) is 59.7 Å². The predicted molar refractivity (Wildman–Crippen MR) is 212 cm³/mol. The molecule has 0 radical (unpaired) electrons. The Morgan fingerprint density at radius 2 is 1.27 bits per heavy atom. The molecule has 0 unspecified atom stereocenters. The van der Waals surface area contributed by atoms with Crippen LogP contribution in [0.4, 0.5) is 41.6 Å². The SMILES string of the molecule is Cc1cc(I)ccc1N(c1cc(F)c([N+](=O)[O-])cc1C1=NC(C)(C)CO1)N(c1ccc(I)cc1C)c1c(C2=NC(C)(C)CO2)cc(Br)c(F)c1F. The summed E-state index contributed by atoms with van der Waals surface area (Å²) < 4.78 is 62.6. The average Bonchev–Trinajstić information content (AvgIpc) is 3.59. The summed E-state index contributed by atoms with van der Waals surface area (Å²) in [6.07, 6.45) is 0. The number of nitrogens with zero attached hydrogens (tertiary/aromatic N) is 5. The molecule has 9 nitrogen and oxygen atoms in total. The third-order valence-electron chi connectivity index (χ3n) is 8.21. The molecule has 0 N–H and O–H groups in total. The topological polar surface area (TPSA) is 92.8 Å². The minimum atomic E-state index is -1.25. The van der Waals surface area contributed by atoms with Gasteiger partial charge < -0.3 is 9.47 Å². The van der Waals surface area contributed by atoms with E-state index in [9.17, 15) is 10.1 Å². The smallest absolute Gasteiger partial charge is 0.305 e. The highest BCUT2D eigenvalue weighted by atomic mass is 127. The Kier molecular flexibility index (Phi) is 10.1. The third kappa shape index (κ3) is 7.29. The van der Waals surface area contributed by atoms with E-state index < -0.39 is 39.1 Å². The molecule has 2 aliphatic rings. The van der Waals surface area contributed by atoms with Gasteiger partial charge in [0.05, 0.1) is 48.7 Å². The first kappa shape index (κ1) is 37.3. The van der Waals surface area contributed by atoms with Crippen LogP contribution in [0, 0.1) is 48.6 Å². The van der Waals surface area contributed by atoms with Gasteiger partial charge in [-0.1, -0.05) is 0 Å². The number of anilines is 4. The molecule has 0 saturated carbocycles. The monoisotopic (exact) mass is 987 g/mol. The lowest BCUT2D eigenvalue weighted by Gasteiger charge is -2.41. The summed E-state index contributed by atoms with van der Waals surface area (Å²) in [5.74, 6) is -3.49. The molecule has 0 fully saturated rings. The van der Waals surface area contributed by atoms with E-state index in [1.54, 1.807) is 18.2 Å². The molecule has 0 aromatic heterocycles. The first-order valence-electron chi connectivity index (χ1n) is 15.6. The van der Waals surface area contributed by atoms with Gasteiger partial charge in [-0.25, -0.2) is 28.8 Å². The summed E-state index contributed by atoms with van der Waals surface area (Å²) in [6.45, 7) is 11.3. The molecular formula is C36H31BrF3I2N5O4. The number of halogens is 6. The fraction of sp³-hybridized carbons (Fsp3) is 0.278. The van der Waals surface area contributed by atoms with Crippen LogP contribution in [0.5, 0.6) is 0 Å². The number of aryl methyl sites for hydroxylation is 2. The van der Waals surface area contributed by atoms with E-state index in [0.29, 0.717) is 22.5 Å². The van der Waals surface area contributed by atoms with Crippen molar-refractivity contribution in [3.8, 4) is 0 Å². The Morgan fingerprint density at radius 3 is 1.75 bits per heavy atom. The zero-order valence-electron chi connectivity index (χ0n) is 28.2. The van der Waals surface area contributed by atoms with E-state index in [0.717, 1.165) is 19.3 Å². The van der Waals surface area contributed by atoms with Gasteiger partial charge in [0, 0.05) is 19.3 Å². The Labute approximate surface area is 328 Å². The van der Waals surface area contributed by atoms with Crippen molar-refractivity contribution >= 4 is 101 Å². The minimum Gasteiger partial charge on any atom is -0.475 e. The Balaban J connectivity index is 1.81. The van der Waals surface area contributed by atoms with Crippen LogP contribution >= 0.6 is 61.1 Å². The Bertz CT molecular complexity index is 2180. The van der Waals surface area contributed by atoms with Crippen molar-refractivity contribution in [3.63, 3.8) is 0 Å². The van der Waals surface area contributed by atoms with Crippen LogP contribution in [0.15, 0.2) is 69.1 Å². The van der Waals surface area contributed by atoms with Gasteiger partial charge in [0.2, 0.25) is 17.6 Å². The number of rotatable bonds is 8. The highest BCUT2D eigenvalue weighted by Gasteiger charge is 2.39. The second-order valence-electron chi connectivity index (χ2n) is 13.5. The highest BCUT2D eigenvalue weighted by Crippen LogP contribution is 2.47. The van der Waals surface area contributed by atoms with Crippen LogP contribution in [0.2, 0.25) is 0 Å². The van der Waals surface area contributed by atoms with Crippen molar-refractivity contribution in [1.82, 2.24) is 0 Å². The molecule has 0 bridgehead atoms. The lowest BCUT2D eigenvalue weighted by Crippen LogP contribution is -2.39. The number of benzene rings is 4. The number of aliphatic imine (C=N–C) groups is 2. The zero-order valence-corrected chi connectivity index (χ0v) is 34.1. The molecule has 266 valence electrons. The summed E-state index contributed by atoms with van der Waals surface area (Å²) in [7, 11) is 0. The first-order chi connectivity index (χ1) is 23.9. The standard InChI is InChI=1S/C36H31BrF3I2N5O4/c1-18-11-20(41)7-9-26(18)45(28-15-25(38)29(47(48)49)14-22(28)33-43-35(3,4)16-50-33)46(27-10-8-21(42)12-19(27)2)32-23(13-24(37)30(39)31(32)40)34-44-36(5,6)17-51-34/h7-15H,16-17H2,1-6H3. The maximum absolute atomic E-state index is 17.0. The maximum Gasteiger partial charge on any atom is 0.305 e. The predicted octanol–water partition coefficient (Wildman–Crippen LogP) is 10.6. The molecule has 2 aliphatic heterocycles. The van der Waals surface area contributed by atoms with Crippen LogP contribution in [0.3, 0.4) is 0 Å². The van der Waals surface area contributed by atoms with Crippen LogP contribution in [-0.2, 0) is 9.47 Å². The summed E-state index contributed by atoms with van der Waals surface area (Å²) in [4.78, 5) is 20.7.